The summed E-state index contributed by atoms with van der Waals surface area (Å²) in [7, 11) is -1.47. The first-order valence-electron chi connectivity index (χ1n) is 7.74. The molecule has 3 rings (SSSR count). The standard InChI is InChI=1S/C18H22N2O2S/c1-19(23(2,21)22)17-13-20(14-17)18(15-9-5-3-6-10-15)16-11-7-4-8-12-16/h3-12,17-18H,13-14H2,1-2H3. The molecule has 1 heterocycles. The predicted octanol–water partition coefficient (Wildman–Crippen LogP) is 2.35. The van der Waals surface area contributed by atoms with Gasteiger partial charge in [-0.3, -0.25) is 4.90 Å². The quantitative estimate of drug-likeness (QED) is 0.845. The normalized spacial score (nSPS) is 16.7. The van der Waals surface area contributed by atoms with Crippen LogP contribution in [0.2, 0.25) is 0 Å². The Bertz CT molecular complexity index is 702. The summed E-state index contributed by atoms with van der Waals surface area (Å²) in [6.07, 6.45) is 1.27. The molecule has 0 bridgehead atoms. The summed E-state index contributed by atoms with van der Waals surface area (Å²) in [5, 5.41) is 0. The smallest absolute Gasteiger partial charge is 0.211 e. The van der Waals surface area contributed by atoms with Crippen molar-refractivity contribution in [1.82, 2.24) is 9.21 Å². The van der Waals surface area contributed by atoms with Crippen LogP contribution < -0.4 is 0 Å². The molecule has 0 aliphatic carbocycles. The van der Waals surface area contributed by atoms with Gasteiger partial charge in [-0.25, -0.2) is 8.42 Å². The monoisotopic (exact) mass is 330 g/mol. The predicted molar refractivity (Wildman–Crippen MR) is 92.7 cm³/mol. The van der Waals surface area contributed by atoms with Crippen LogP contribution in [0.5, 0.6) is 0 Å². The third-order valence-electron chi connectivity index (χ3n) is 4.52. The summed E-state index contributed by atoms with van der Waals surface area (Å²) in [5.41, 5.74) is 2.47. The third kappa shape index (κ3) is 3.47. The minimum Gasteiger partial charge on any atom is -0.289 e. The van der Waals surface area contributed by atoms with Crippen LogP contribution in [0.25, 0.3) is 0 Å². The fraction of sp³-hybridized carbons (Fsp3) is 0.333. The van der Waals surface area contributed by atoms with E-state index in [0.29, 0.717) is 0 Å². The van der Waals surface area contributed by atoms with E-state index in [9.17, 15) is 8.42 Å². The molecule has 0 unspecified atom stereocenters. The van der Waals surface area contributed by atoms with E-state index in [1.807, 2.05) is 36.4 Å². The van der Waals surface area contributed by atoms with Gasteiger partial charge in [-0.1, -0.05) is 60.7 Å². The maximum absolute atomic E-state index is 11.7. The number of hydrogen-bond acceptors (Lipinski definition) is 3. The zero-order valence-corrected chi connectivity index (χ0v) is 14.3. The molecule has 5 heteroatoms. The number of likely N-dealkylation sites (N-methyl/N-ethyl adjacent to an activating group) is 1. The van der Waals surface area contributed by atoms with Crippen LogP contribution in [0.3, 0.4) is 0 Å². The van der Waals surface area contributed by atoms with Gasteiger partial charge < -0.3 is 0 Å². The maximum Gasteiger partial charge on any atom is 0.211 e. The Balaban J connectivity index is 1.82. The van der Waals surface area contributed by atoms with Gasteiger partial charge in [0.05, 0.1) is 12.3 Å². The van der Waals surface area contributed by atoms with Crippen molar-refractivity contribution in [3.63, 3.8) is 0 Å². The van der Waals surface area contributed by atoms with Gasteiger partial charge in [-0.2, -0.15) is 4.31 Å². The highest BCUT2D eigenvalue weighted by atomic mass is 32.2. The molecule has 2 aromatic carbocycles. The molecular formula is C18H22N2O2S. The molecule has 0 saturated carbocycles. The number of benzene rings is 2. The Morgan fingerprint density at radius 1 is 0.957 bits per heavy atom. The van der Waals surface area contributed by atoms with Crippen LogP contribution in [0.4, 0.5) is 0 Å². The molecule has 1 saturated heterocycles. The van der Waals surface area contributed by atoms with E-state index in [1.165, 1.54) is 21.7 Å². The van der Waals surface area contributed by atoms with Crippen LogP contribution in [-0.2, 0) is 10.0 Å². The van der Waals surface area contributed by atoms with Crippen molar-refractivity contribution >= 4 is 10.0 Å². The maximum atomic E-state index is 11.7. The molecule has 4 nitrogen and oxygen atoms in total. The minimum absolute atomic E-state index is 0.0555. The SMILES string of the molecule is CN(C1CN(C(c2ccccc2)c2ccccc2)C1)S(C)(=O)=O. The van der Waals surface area contributed by atoms with Gasteiger partial charge in [0.15, 0.2) is 0 Å². The van der Waals surface area contributed by atoms with Gasteiger partial charge in [-0.05, 0) is 11.1 Å². The second-order valence-electron chi connectivity index (χ2n) is 6.11. The van der Waals surface area contributed by atoms with Crippen LogP contribution >= 0.6 is 0 Å². The summed E-state index contributed by atoms with van der Waals surface area (Å²) in [6, 6.07) is 21.0. The summed E-state index contributed by atoms with van der Waals surface area (Å²) < 4.78 is 24.9. The van der Waals surface area contributed by atoms with E-state index in [-0.39, 0.29) is 12.1 Å². The fourth-order valence-corrected chi connectivity index (χ4v) is 3.76. The number of likely N-dealkylation sites (tertiary alicyclic amines) is 1. The molecule has 0 N–H and O–H groups in total. The lowest BCUT2D eigenvalue weighted by atomic mass is 9.93. The van der Waals surface area contributed by atoms with Crippen LogP contribution in [0.15, 0.2) is 60.7 Å². The molecule has 1 aliphatic rings. The molecular weight excluding hydrogens is 308 g/mol. The Hall–Kier alpha value is -1.69. The van der Waals surface area contributed by atoms with Crippen molar-refractivity contribution in [3.05, 3.63) is 71.8 Å². The van der Waals surface area contributed by atoms with E-state index in [2.05, 4.69) is 29.2 Å². The van der Waals surface area contributed by atoms with Crippen LogP contribution in [0.1, 0.15) is 17.2 Å². The zero-order chi connectivity index (χ0) is 16.4. The molecule has 122 valence electrons. The molecule has 1 aliphatic heterocycles. The van der Waals surface area contributed by atoms with Crippen molar-refractivity contribution in [1.29, 1.82) is 0 Å². The highest BCUT2D eigenvalue weighted by Crippen LogP contribution is 2.33. The second-order valence-corrected chi connectivity index (χ2v) is 8.15. The first kappa shape index (κ1) is 16.2. The van der Waals surface area contributed by atoms with Gasteiger partial charge in [0.2, 0.25) is 10.0 Å². The highest BCUT2D eigenvalue weighted by Gasteiger charge is 2.38. The molecule has 0 spiro atoms. The average Bonchev–Trinajstić information content (AvgIpc) is 2.50. The Morgan fingerprint density at radius 3 is 1.78 bits per heavy atom. The average molecular weight is 330 g/mol. The molecule has 1 fully saturated rings. The van der Waals surface area contributed by atoms with E-state index >= 15 is 0 Å². The van der Waals surface area contributed by atoms with Gasteiger partial charge >= 0.3 is 0 Å². The second kappa shape index (κ2) is 6.43. The summed E-state index contributed by atoms with van der Waals surface area (Å²) in [6.45, 7) is 1.50. The summed E-state index contributed by atoms with van der Waals surface area (Å²) in [5.74, 6) is 0. The van der Waals surface area contributed by atoms with Crippen LogP contribution in [-0.4, -0.2) is 50.1 Å². The minimum atomic E-state index is -3.13. The van der Waals surface area contributed by atoms with E-state index < -0.39 is 10.0 Å². The molecule has 2 aromatic rings. The number of rotatable bonds is 5. The van der Waals surface area contributed by atoms with Crippen molar-refractivity contribution in [3.8, 4) is 0 Å². The number of hydrogen-bond donors (Lipinski definition) is 0. The highest BCUT2D eigenvalue weighted by molar-refractivity contribution is 7.88. The molecule has 0 radical (unpaired) electrons. The van der Waals surface area contributed by atoms with Crippen molar-refractivity contribution in [2.75, 3.05) is 26.4 Å². The lowest BCUT2D eigenvalue weighted by Gasteiger charge is -2.47. The summed E-state index contributed by atoms with van der Waals surface area (Å²) in [4.78, 5) is 2.33. The lowest BCUT2D eigenvalue weighted by molar-refractivity contribution is 0.0623. The van der Waals surface area contributed by atoms with E-state index in [1.54, 1.807) is 7.05 Å². The fourth-order valence-electron chi connectivity index (χ4n) is 3.08. The van der Waals surface area contributed by atoms with Gasteiger partial charge in [-0.15, -0.1) is 0 Å². The van der Waals surface area contributed by atoms with Gasteiger partial charge in [0.1, 0.15) is 0 Å². The Morgan fingerprint density at radius 2 is 1.39 bits per heavy atom. The van der Waals surface area contributed by atoms with Gasteiger partial charge in [0.25, 0.3) is 0 Å². The zero-order valence-electron chi connectivity index (χ0n) is 13.5. The topological polar surface area (TPSA) is 40.6 Å². The first-order valence-corrected chi connectivity index (χ1v) is 9.58. The molecule has 23 heavy (non-hydrogen) atoms. The molecule has 0 atom stereocenters. The first-order chi connectivity index (χ1) is 11.0. The number of sulfonamides is 1. The lowest BCUT2D eigenvalue weighted by Crippen LogP contribution is -2.60. The summed E-state index contributed by atoms with van der Waals surface area (Å²) >= 11 is 0. The van der Waals surface area contributed by atoms with Crippen molar-refractivity contribution in [2.24, 2.45) is 0 Å². The van der Waals surface area contributed by atoms with E-state index in [0.717, 1.165) is 13.1 Å². The largest absolute Gasteiger partial charge is 0.289 e. The van der Waals surface area contributed by atoms with Crippen molar-refractivity contribution < 1.29 is 8.42 Å². The Kier molecular flexibility index (Phi) is 4.53. The molecule has 0 aromatic heterocycles. The van der Waals surface area contributed by atoms with Crippen LogP contribution in [0, 0.1) is 0 Å². The van der Waals surface area contributed by atoms with Gasteiger partial charge in [0, 0.05) is 26.2 Å². The third-order valence-corrected chi connectivity index (χ3v) is 5.87. The Labute approximate surface area is 138 Å². The van der Waals surface area contributed by atoms with Crippen molar-refractivity contribution in [2.45, 2.75) is 12.1 Å². The van der Waals surface area contributed by atoms with E-state index in [4.69, 9.17) is 0 Å². The molecule has 0 amide bonds. The number of nitrogens with zero attached hydrogens (tertiary/aromatic N) is 2.